The molecule has 1 fully saturated rings. The van der Waals surface area contributed by atoms with E-state index >= 15 is 0 Å². The number of likely N-dealkylation sites (N-methyl/N-ethyl adjacent to an activating group) is 1. The molecule has 104 valence electrons. The summed E-state index contributed by atoms with van der Waals surface area (Å²) in [7, 11) is 1.85. The number of aryl methyl sites for hydroxylation is 1. The number of rotatable bonds is 4. The lowest BCUT2D eigenvalue weighted by Crippen LogP contribution is -2.46. The zero-order valence-electron chi connectivity index (χ0n) is 11.7. The average molecular weight is 262 g/mol. The maximum absolute atomic E-state index is 12.2. The molecule has 1 unspecified atom stereocenters. The average Bonchev–Trinajstić information content (AvgIpc) is 2.42. The number of hydrogen-bond acceptors (Lipinski definition) is 3. The number of amides is 1. The van der Waals surface area contributed by atoms with Crippen LogP contribution in [0.1, 0.15) is 11.1 Å². The second kappa shape index (κ2) is 6.68. The van der Waals surface area contributed by atoms with Gasteiger partial charge in [-0.15, -0.1) is 0 Å². The number of nitrogens with one attached hydrogen (secondary N) is 1. The molecule has 0 saturated carbocycles. The van der Waals surface area contributed by atoms with Gasteiger partial charge in [-0.05, 0) is 18.1 Å². The molecular formula is C15H22N2O2. The summed E-state index contributed by atoms with van der Waals surface area (Å²) < 4.78 is 5.62. The van der Waals surface area contributed by atoms with Gasteiger partial charge in [0, 0.05) is 26.7 Å². The molecule has 1 N–H and O–H groups in total. The third-order valence-electron chi connectivity index (χ3n) is 3.51. The van der Waals surface area contributed by atoms with Gasteiger partial charge in [0.15, 0.2) is 0 Å². The van der Waals surface area contributed by atoms with Gasteiger partial charge in [-0.1, -0.05) is 24.3 Å². The lowest BCUT2D eigenvalue weighted by atomic mass is 10.1. The van der Waals surface area contributed by atoms with Crippen molar-refractivity contribution in [3.8, 4) is 0 Å². The van der Waals surface area contributed by atoms with E-state index in [9.17, 15) is 4.79 Å². The molecule has 1 aromatic carbocycles. The Balaban J connectivity index is 1.87. The van der Waals surface area contributed by atoms with Gasteiger partial charge in [-0.3, -0.25) is 4.79 Å². The van der Waals surface area contributed by atoms with E-state index in [1.54, 1.807) is 4.90 Å². The Morgan fingerprint density at radius 3 is 2.95 bits per heavy atom. The van der Waals surface area contributed by atoms with Crippen LogP contribution in [0.3, 0.4) is 0 Å². The van der Waals surface area contributed by atoms with Crippen molar-refractivity contribution in [2.24, 2.45) is 0 Å². The van der Waals surface area contributed by atoms with Crippen molar-refractivity contribution in [3.05, 3.63) is 35.4 Å². The topological polar surface area (TPSA) is 41.6 Å². The maximum atomic E-state index is 12.2. The van der Waals surface area contributed by atoms with Crippen molar-refractivity contribution in [2.45, 2.75) is 19.4 Å². The number of hydrogen-bond donors (Lipinski definition) is 1. The first-order valence-electron chi connectivity index (χ1n) is 6.77. The minimum atomic E-state index is 0.111. The number of ether oxygens (including phenoxy) is 1. The fourth-order valence-corrected chi connectivity index (χ4v) is 2.25. The summed E-state index contributed by atoms with van der Waals surface area (Å²) in [5, 5.41) is 3.27. The Labute approximate surface area is 114 Å². The zero-order valence-corrected chi connectivity index (χ0v) is 11.7. The smallest absolute Gasteiger partial charge is 0.226 e. The van der Waals surface area contributed by atoms with Crippen molar-refractivity contribution < 1.29 is 9.53 Å². The standard InChI is InChI=1S/C15H22N2O2/c1-12-5-3-4-6-13(12)9-15(18)17(2)11-14-10-16-7-8-19-14/h3-6,14,16H,7-11H2,1-2H3. The Morgan fingerprint density at radius 1 is 1.47 bits per heavy atom. The third-order valence-corrected chi connectivity index (χ3v) is 3.51. The minimum Gasteiger partial charge on any atom is -0.374 e. The van der Waals surface area contributed by atoms with Crippen LogP contribution in [0.15, 0.2) is 24.3 Å². The molecular weight excluding hydrogens is 240 g/mol. The van der Waals surface area contributed by atoms with E-state index in [4.69, 9.17) is 4.74 Å². The van der Waals surface area contributed by atoms with Crippen LogP contribution in [-0.2, 0) is 16.0 Å². The van der Waals surface area contributed by atoms with Crippen molar-refractivity contribution in [1.82, 2.24) is 10.2 Å². The molecule has 19 heavy (non-hydrogen) atoms. The number of carbonyl (C=O) groups excluding carboxylic acids is 1. The largest absolute Gasteiger partial charge is 0.374 e. The van der Waals surface area contributed by atoms with Gasteiger partial charge >= 0.3 is 0 Å². The zero-order chi connectivity index (χ0) is 13.7. The summed E-state index contributed by atoms with van der Waals surface area (Å²) in [5.74, 6) is 0.142. The molecule has 0 bridgehead atoms. The highest BCUT2D eigenvalue weighted by Gasteiger charge is 2.18. The molecule has 0 radical (unpaired) electrons. The summed E-state index contributed by atoms with van der Waals surface area (Å²) in [4.78, 5) is 14.0. The highest BCUT2D eigenvalue weighted by Crippen LogP contribution is 2.09. The lowest BCUT2D eigenvalue weighted by molar-refractivity contribution is -0.131. The molecule has 4 nitrogen and oxygen atoms in total. The van der Waals surface area contributed by atoms with Crippen LogP contribution >= 0.6 is 0 Å². The fraction of sp³-hybridized carbons (Fsp3) is 0.533. The molecule has 0 spiro atoms. The van der Waals surface area contributed by atoms with Gasteiger partial charge < -0.3 is 15.0 Å². The molecule has 1 atom stereocenters. The first kappa shape index (κ1) is 14.0. The molecule has 1 amide bonds. The van der Waals surface area contributed by atoms with E-state index in [0.717, 1.165) is 25.3 Å². The molecule has 4 heteroatoms. The maximum Gasteiger partial charge on any atom is 0.226 e. The summed E-state index contributed by atoms with van der Waals surface area (Å²) in [5.41, 5.74) is 2.27. The predicted octanol–water partition coefficient (Wildman–Crippen LogP) is 0.984. The van der Waals surface area contributed by atoms with Crippen molar-refractivity contribution in [1.29, 1.82) is 0 Å². The number of morpholine rings is 1. The summed E-state index contributed by atoms with van der Waals surface area (Å²) in [6.45, 7) is 5.14. The molecule has 2 rings (SSSR count). The van der Waals surface area contributed by atoms with Crippen LogP contribution < -0.4 is 5.32 Å². The van der Waals surface area contributed by atoms with E-state index in [2.05, 4.69) is 5.32 Å². The van der Waals surface area contributed by atoms with Crippen molar-refractivity contribution in [2.75, 3.05) is 33.3 Å². The molecule has 1 saturated heterocycles. The van der Waals surface area contributed by atoms with Gasteiger partial charge in [0.05, 0.1) is 19.1 Å². The first-order chi connectivity index (χ1) is 9.16. The van der Waals surface area contributed by atoms with Gasteiger partial charge in [-0.25, -0.2) is 0 Å². The highest BCUT2D eigenvalue weighted by atomic mass is 16.5. The van der Waals surface area contributed by atoms with E-state index in [1.807, 2.05) is 38.2 Å². The Morgan fingerprint density at radius 2 is 2.26 bits per heavy atom. The highest BCUT2D eigenvalue weighted by molar-refractivity contribution is 5.78. The predicted molar refractivity (Wildman–Crippen MR) is 75.1 cm³/mol. The van der Waals surface area contributed by atoms with Crippen LogP contribution in [0.25, 0.3) is 0 Å². The Kier molecular flexibility index (Phi) is 4.93. The minimum absolute atomic E-state index is 0.111. The van der Waals surface area contributed by atoms with Gasteiger partial charge in [0.2, 0.25) is 5.91 Å². The van der Waals surface area contributed by atoms with Crippen LogP contribution in [0, 0.1) is 6.92 Å². The van der Waals surface area contributed by atoms with Gasteiger partial charge in [0.1, 0.15) is 0 Å². The lowest BCUT2D eigenvalue weighted by Gasteiger charge is -2.28. The third kappa shape index (κ3) is 4.04. The molecule has 1 aromatic rings. The number of carbonyl (C=O) groups is 1. The summed E-state index contributed by atoms with van der Waals surface area (Å²) >= 11 is 0. The van der Waals surface area contributed by atoms with Gasteiger partial charge in [-0.2, -0.15) is 0 Å². The fourth-order valence-electron chi connectivity index (χ4n) is 2.25. The first-order valence-corrected chi connectivity index (χ1v) is 6.77. The van der Waals surface area contributed by atoms with E-state index in [1.165, 1.54) is 5.56 Å². The quantitative estimate of drug-likeness (QED) is 0.879. The van der Waals surface area contributed by atoms with E-state index in [-0.39, 0.29) is 12.0 Å². The number of nitrogens with zero attached hydrogens (tertiary/aromatic N) is 1. The monoisotopic (exact) mass is 262 g/mol. The van der Waals surface area contributed by atoms with Gasteiger partial charge in [0.25, 0.3) is 0 Å². The van der Waals surface area contributed by atoms with Crippen LogP contribution in [0.2, 0.25) is 0 Å². The normalized spacial score (nSPS) is 19.2. The molecule has 0 aliphatic carbocycles. The molecule has 1 aliphatic heterocycles. The van der Waals surface area contributed by atoms with Crippen molar-refractivity contribution in [3.63, 3.8) is 0 Å². The second-order valence-electron chi connectivity index (χ2n) is 5.07. The molecule has 1 aliphatic rings. The van der Waals surface area contributed by atoms with Crippen molar-refractivity contribution >= 4 is 5.91 Å². The number of benzene rings is 1. The van der Waals surface area contributed by atoms with E-state index < -0.39 is 0 Å². The Bertz CT molecular complexity index is 428. The van der Waals surface area contributed by atoms with E-state index in [0.29, 0.717) is 13.0 Å². The molecule has 0 aromatic heterocycles. The van der Waals surface area contributed by atoms with Crippen LogP contribution in [0.4, 0.5) is 0 Å². The SMILES string of the molecule is Cc1ccccc1CC(=O)N(C)CC1CNCCO1. The molecule has 1 heterocycles. The Hall–Kier alpha value is -1.39. The van der Waals surface area contributed by atoms with Crippen LogP contribution in [0.5, 0.6) is 0 Å². The van der Waals surface area contributed by atoms with Crippen LogP contribution in [-0.4, -0.2) is 50.2 Å². The summed E-state index contributed by atoms with van der Waals surface area (Å²) in [6, 6.07) is 8.02. The second-order valence-corrected chi connectivity index (χ2v) is 5.07. The summed E-state index contributed by atoms with van der Waals surface area (Å²) in [6.07, 6.45) is 0.572.